The Balaban J connectivity index is 1.94. The van der Waals surface area contributed by atoms with Gasteiger partial charge in [0.15, 0.2) is 11.5 Å². The average molecular weight is 271 g/mol. The molecule has 0 aromatic heterocycles. The minimum absolute atomic E-state index is 0.139. The zero-order valence-electron chi connectivity index (χ0n) is 12.3. The third kappa shape index (κ3) is 1.39. The first-order chi connectivity index (χ1) is 9.68. The summed E-state index contributed by atoms with van der Waals surface area (Å²) in [6, 6.07) is 4.26. The second kappa shape index (κ2) is 4.01. The van der Waals surface area contributed by atoms with Gasteiger partial charge in [0.2, 0.25) is 0 Å². The molecule has 0 radical (unpaired) electrons. The van der Waals surface area contributed by atoms with Crippen LogP contribution in [0.5, 0.6) is 11.5 Å². The molecule has 0 saturated heterocycles. The van der Waals surface area contributed by atoms with E-state index in [0.717, 1.165) is 24.3 Å². The summed E-state index contributed by atoms with van der Waals surface area (Å²) >= 11 is 0. The van der Waals surface area contributed by atoms with Crippen molar-refractivity contribution >= 4 is 0 Å². The zero-order valence-corrected chi connectivity index (χ0v) is 12.3. The van der Waals surface area contributed by atoms with Crippen LogP contribution in [0.3, 0.4) is 0 Å². The largest absolute Gasteiger partial charge is 0.493 e. The van der Waals surface area contributed by atoms with Gasteiger partial charge in [-0.05, 0) is 50.4 Å². The monoisotopic (exact) mass is 271 g/mol. The van der Waals surface area contributed by atoms with E-state index in [1.165, 1.54) is 11.1 Å². The maximum absolute atomic E-state index is 6.22. The molecular weight excluding hydrogens is 250 g/mol. The van der Waals surface area contributed by atoms with Crippen molar-refractivity contribution in [3.05, 3.63) is 35.4 Å². The van der Waals surface area contributed by atoms with Crippen LogP contribution in [0.2, 0.25) is 0 Å². The molecule has 3 heteroatoms. The van der Waals surface area contributed by atoms with Crippen molar-refractivity contribution in [3.63, 3.8) is 0 Å². The summed E-state index contributed by atoms with van der Waals surface area (Å²) in [7, 11) is 3.80. The third-order valence-electron chi connectivity index (χ3n) is 5.51. The highest BCUT2D eigenvalue weighted by Crippen LogP contribution is 2.57. The Morgan fingerprint density at radius 3 is 3.00 bits per heavy atom. The van der Waals surface area contributed by atoms with Crippen LogP contribution >= 0.6 is 0 Å². The molecule has 0 amide bonds. The van der Waals surface area contributed by atoms with E-state index in [4.69, 9.17) is 9.47 Å². The number of likely N-dealkylation sites (N-methyl/N-ethyl adjacent to an activating group) is 1. The predicted octanol–water partition coefficient (Wildman–Crippen LogP) is 2.65. The number of benzene rings is 1. The molecular formula is C17H21NO2. The molecule has 1 N–H and O–H groups in total. The molecule has 1 heterocycles. The highest BCUT2D eigenvalue weighted by molar-refractivity contribution is 5.59. The van der Waals surface area contributed by atoms with Crippen molar-refractivity contribution in [2.75, 3.05) is 14.2 Å². The van der Waals surface area contributed by atoms with Gasteiger partial charge in [0, 0.05) is 17.0 Å². The van der Waals surface area contributed by atoms with Crippen LogP contribution < -0.4 is 14.8 Å². The normalized spacial score (nSPS) is 36.5. The summed E-state index contributed by atoms with van der Waals surface area (Å²) < 4.78 is 11.7. The summed E-state index contributed by atoms with van der Waals surface area (Å²) in [6.07, 6.45) is 6.86. The second-order valence-electron chi connectivity index (χ2n) is 6.39. The molecule has 0 saturated carbocycles. The van der Waals surface area contributed by atoms with E-state index in [-0.39, 0.29) is 11.6 Å². The van der Waals surface area contributed by atoms with E-state index in [9.17, 15) is 0 Å². The van der Waals surface area contributed by atoms with E-state index in [1.54, 1.807) is 7.11 Å². The van der Waals surface area contributed by atoms with Crippen LogP contribution in [-0.2, 0) is 6.42 Å². The third-order valence-corrected chi connectivity index (χ3v) is 5.51. The van der Waals surface area contributed by atoms with Crippen LogP contribution in [0.25, 0.3) is 0 Å². The lowest BCUT2D eigenvalue weighted by Gasteiger charge is -2.47. The molecule has 4 rings (SSSR count). The molecule has 1 aliphatic heterocycles. The van der Waals surface area contributed by atoms with Gasteiger partial charge in [-0.25, -0.2) is 0 Å². The fourth-order valence-corrected chi connectivity index (χ4v) is 4.35. The first-order valence-electron chi connectivity index (χ1n) is 7.40. The number of hydrogen-bond acceptors (Lipinski definition) is 3. The van der Waals surface area contributed by atoms with Crippen LogP contribution in [0, 0.1) is 5.92 Å². The summed E-state index contributed by atoms with van der Waals surface area (Å²) in [6.45, 7) is 2.35. The maximum atomic E-state index is 6.22. The van der Waals surface area contributed by atoms with Crippen LogP contribution in [0.4, 0.5) is 0 Å². The SMILES string of the molecule is CN[C@@]1(C)Cc2ccc(OC)c3c2C2[C@H](C=CC[C@H]21)O3. The first kappa shape index (κ1) is 12.3. The Morgan fingerprint density at radius 1 is 1.40 bits per heavy atom. The van der Waals surface area contributed by atoms with E-state index in [2.05, 4.69) is 37.5 Å². The number of rotatable bonds is 2. The lowest BCUT2D eigenvalue weighted by Crippen LogP contribution is -2.55. The Bertz CT molecular complexity index is 595. The topological polar surface area (TPSA) is 30.5 Å². The number of ether oxygens (including phenoxy) is 2. The molecule has 4 atom stereocenters. The molecule has 106 valence electrons. The molecule has 0 bridgehead atoms. The molecule has 0 fully saturated rings. The molecule has 3 aliphatic rings. The zero-order chi connectivity index (χ0) is 13.9. The average Bonchev–Trinajstić information content (AvgIpc) is 2.86. The fourth-order valence-electron chi connectivity index (χ4n) is 4.35. The summed E-state index contributed by atoms with van der Waals surface area (Å²) in [5.41, 5.74) is 2.95. The van der Waals surface area contributed by atoms with E-state index >= 15 is 0 Å². The summed E-state index contributed by atoms with van der Waals surface area (Å²) in [5, 5.41) is 3.57. The highest BCUT2D eigenvalue weighted by Gasteiger charge is 2.52. The summed E-state index contributed by atoms with van der Waals surface area (Å²) in [5.74, 6) is 2.91. The Labute approximate surface area is 120 Å². The van der Waals surface area contributed by atoms with Gasteiger partial charge >= 0.3 is 0 Å². The van der Waals surface area contributed by atoms with E-state index in [1.807, 2.05) is 6.07 Å². The fraction of sp³-hybridized carbons (Fsp3) is 0.529. The number of hydrogen-bond donors (Lipinski definition) is 1. The maximum Gasteiger partial charge on any atom is 0.166 e. The molecule has 3 nitrogen and oxygen atoms in total. The highest BCUT2D eigenvalue weighted by atomic mass is 16.5. The van der Waals surface area contributed by atoms with Gasteiger partial charge in [0.05, 0.1) is 7.11 Å². The lowest BCUT2D eigenvalue weighted by molar-refractivity contribution is 0.132. The number of allylic oxidation sites excluding steroid dienone is 1. The number of methoxy groups -OCH3 is 1. The first-order valence-corrected chi connectivity index (χ1v) is 7.40. The summed E-state index contributed by atoms with van der Waals surface area (Å²) in [4.78, 5) is 0. The van der Waals surface area contributed by atoms with Crippen LogP contribution in [0.15, 0.2) is 24.3 Å². The predicted molar refractivity (Wildman–Crippen MR) is 78.6 cm³/mol. The van der Waals surface area contributed by atoms with Gasteiger partial charge < -0.3 is 14.8 Å². The lowest BCUT2D eigenvalue weighted by atomic mass is 9.61. The Hall–Kier alpha value is -1.48. The van der Waals surface area contributed by atoms with Gasteiger partial charge in [0.25, 0.3) is 0 Å². The molecule has 2 aliphatic carbocycles. The van der Waals surface area contributed by atoms with Gasteiger partial charge in [0.1, 0.15) is 6.10 Å². The quantitative estimate of drug-likeness (QED) is 0.839. The van der Waals surface area contributed by atoms with Crippen molar-refractivity contribution in [1.82, 2.24) is 5.32 Å². The molecule has 0 spiro atoms. The molecule has 1 unspecified atom stereocenters. The van der Waals surface area contributed by atoms with Crippen molar-refractivity contribution < 1.29 is 9.47 Å². The van der Waals surface area contributed by atoms with Gasteiger partial charge in [-0.3, -0.25) is 0 Å². The van der Waals surface area contributed by atoms with Crippen molar-refractivity contribution in [2.24, 2.45) is 5.92 Å². The molecule has 20 heavy (non-hydrogen) atoms. The smallest absolute Gasteiger partial charge is 0.166 e. The van der Waals surface area contributed by atoms with E-state index in [0.29, 0.717) is 11.8 Å². The Morgan fingerprint density at radius 2 is 2.25 bits per heavy atom. The molecule has 1 aromatic carbocycles. The van der Waals surface area contributed by atoms with Gasteiger partial charge in [-0.2, -0.15) is 0 Å². The minimum atomic E-state index is 0.139. The Kier molecular flexibility index (Phi) is 2.46. The van der Waals surface area contributed by atoms with E-state index < -0.39 is 0 Å². The van der Waals surface area contributed by atoms with Crippen molar-refractivity contribution in [1.29, 1.82) is 0 Å². The number of nitrogens with one attached hydrogen (secondary N) is 1. The van der Waals surface area contributed by atoms with Crippen molar-refractivity contribution in [3.8, 4) is 11.5 Å². The van der Waals surface area contributed by atoms with Crippen LogP contribution in [-0.4, -0.2) is 25.8 Å². The standard InChI is InChI=1S/C17H21NO2/c1-17(18-2)9-10-7-8-13(19-3)16-14(10)15-11(17)5-4-6-12(15)20-16/h4,6-8,11-12,15,18H,5,9H2,1-3H3/t11-,12+,15?,17+/m1/s1. The van der Waals surface area contributed by atoms with Crippen molar-refractivity contribution in [2.45, 2.75) is 37.3 Å². The van der Waals surface area contributed by atoms with Crippen LogP contribution in [0.1, 0.15) is 30.4 Å². The molecule has 1 aromatic rings. The second-order valence-corrected chi connectivity index (χ2v) is 6.39. The van der Waals surface area contributed by atoms with Gasteiger partial charge in [-0.15, -0.1) is 0 Å². The minimum Gasteiger partial charge on any atom is -0.493 e. The van der Waals surface area contributed by atoms with Gasteiger partial charge in [-0.1, -0.05) is 12.1 Å².